The summed E-state index contributed by atoms with van der Waals surface area (Å²) in [5, 5.41) is 0.705. The molecule has 0 aromatic heterocycles. The highest BCUT2D eigenvalue weighted by molar-refractivity contribution is 6.30. The Kier molecular flexibility index (Phi) is 3.19. The van der Waals surface area contributed by atoms with Gasteiger partial charge in [0.15, 0.2) is 0 Å². The number of hydrogen-bond donors (Lipinski definition) is 1. The smallest absolute Gasteiger partial charge is 0.404 e. The van der Waals surface area contributed by atoms with Crippen molar-refractivity contribution in [1.29, 1.82) is 0 Å². The Bertz CT molecular complexity index is 397. The van der Waals surface area contributed by atoms with Gasteiger partial charge in [-0.15, -0.1) is 0 Å². The van der Waals surface area contributed by atoms with Crippen LogP contribution in [0.15, 0.2) is 24.3 Å². The molecular weight excluding hydrogens is 228 g/mol. The fourth-order valence-electron chi connectivity index (χ4n) is 1.90. The Hall–Kier alpha value is -1.42. The van der Waals surface area contributed by atoms with E-state index in [0.29, 0.717) is 11.6 Å². The molecule has 4 nitrogen and oxygen atoms in total. The molecule has 0 saturated carbocycles. The molecule has 1 aliphatic rings. The zero-order valence-corrected chi connectivity index (χ0v) is 9.48. The number of carbonyl (C=O) groups is 1. The SMILES string of the molecule is NC(=O)OC1CCN(c2cccc(Cl)c2)C1. The summed E-state index contributed by atoms with van der Waals surface area (Å²) in [5.41, 5.74) is 6.02. The Morgan fingerprint density at radius 3 is 3.06 bits per heavy atom. The summed E-state index contributed by atoms with van der Waals surface area (Å²) in [6.45, 7) is 1.52. The van der Waals surface area contributed by atoms with Crippen molar-refractivity contribution in [2.75, 3.05) is 18.0 Å². The minimum Gasteiger partial charge on any atom is -0.444 e. The molecule has 0 spiro atoms. The standard InChI is InChI=1S/C11H13ClN2O2/c12-8-2-1-3-9(6-8)14-5-4-10(7-14)16-11(13)15/h1-3,6,10H,4-5,7H2,(H2,13,15). The molecule has 1 unspecified atom stereocenters. The van der Waals surface area contributed by atoms with Crippen LogP contribution in [0.4, 0.5) is 10.5 Å². The molecule has 1 aliphatic heterocycles. The van der Waals surface area contributed by atoms with Crippen LogP contribution in [0.3, 0.4) is 0 Å². The van der Waals surface area contributed by atoms with E-state index in [1.165, 1.54) is 0 Å². The summed E-state index contributed by atoms with van der Waals surface area (Å²) >= 11 is 5.91. The van der Waals surface area contributed by atoms with Crippen LogP contribution in [0.5, 0.6) is 0 Å². The third-order valence-electron chi connectivity index (χ3n) is 2.60. The van der Waals surface area contributed by atoms with Gasteiger partial charge in [-0.05, 0) is 18.2 Å². The van der Waals surface area contributed by atoms with Crippen molar-refractivity contribution in [2.24, 2.45) is 5.73 Å². The fourth-order valence-corrected chi connectivity index (χ4v) is 2.08. The average molecular weight is 241 g/mol. The number of anilines is 1. The predicted octanol–water partition coefficient (Wildman–Crippen LogP) is 2.01. The second-order valence-corrected chi connectivity index (χ2v) is 4.21. The molecule has 1 atom stereocenters. The van der Waals surface area contributed by atoms with Gasteiger partial charge in [-0.1, -0.05) is 17.7 Å². The molecule has 1 aromatic rings. The zero-order chi connectivity index (χ0) is 11.5. The number of nitrogens with zero attached hydrogens (tertiary/aromatic N) is 1. The highest BCUT2D eigenvalue weighted by atomic mass is 35.5. The van der Waals surface area contributed by atoms with Gasteiger partial charge in [-0.2, -0.15) is 0 Å². The maximum Gasteiger partial charge on any atom is 0.404 e. The normalized spacial score (nSPS) is 19.8. The van der Waals surface area contributed by atoms with Crippen LogP contribution < -0.4 is 10.6 Å². The number of amides is 1. The summed E-state index contributed by atoms with van der Waals surface area (Å²) in [6, 6.07) is 7.62. The molecule has 1 fully saturated rings. The lowest BCUT2D eigenvalue weighted by atomic mass is 10.3. The van der Waals surface area contributed by atoms with E-state index in [-0.39, 0.29) is 6.10 Å². The van der Waals surface area contributed by atoms with E-state index in [2.05, 4.69) is 4.90 Å². The number of halogens is 1. The second kappa shape index (κ2) is 4.61. The van der Waals surface area contributed by atoms with Gasteiger partial charge in [-0.3, -0.25) is 0 Å². The summed E-state index contributed by atoms with van der Waals surface area (Å²) in [6.07, 6.45) is -0.0236. The van der Waals surface area contributed by atoms with Crippen molar-refractivity contribution in [3.8, 4) is 0 Å². The average Bonchev–Trinajstić information content (AvgIpc) is 2.65. The summed E-state index contributed by atoms with van der Waals surface area (Å²) in [7, 11) is 0. The first-order chi connectivity index (χ1) is 7.65. The molecule has 1 heterocycles. The molecule has 5 heteroatoms. The van der Waals surface area contributed by atoms with Crippen molar-refractivity contribution in [2.45, 2.75) is 12.5 Å². The second-order valence-electron chi connectivity index (χ2n) is 3.77. The van der Waals surface area contributed by atoms with Crippen LogP contribution in [0.2, 0.25) is 5.02 Å². The molecule has 1 amide bonds. The number of rotatable bonds is 2. The minimum absolute atomic E-state index is 0.114. The van der Waals surface area contributed by atoms with Gasteiger partial charge in [0.25, 0.3) is 0 Å². The van der Waals surface area contributed by atoms with Gasteiger partial charge in [-0.25, -0.2) is 4.79 Å². The van der Waals surface area contributed by atoms with Crippen LogP contribution in [-0.4, -0.2) is 25.3 Å². The first kappa shape index (κ1) is 11.1. The van der Waals surface area contributed by atoms with Crippen molar-refractivity contribution in [3.05, 3.63) is 29.3 Å². The molecule has 1 aromatic carbocycles. The highest BCUT2D eigenvalue weighted by Crippen LogP contribution is 2.24. The van der Waals surface area contributed by atoms with Crippen LogP contribution in [0.1, 0.15) is 6.42 Å². The maximum atomic E-state index is 10.6. The Morgan fingerprint density at radius 1 is 1.56 bits per heavy atom. The molecular formula is C11H13ClN2O2. The topological polar surface area (TPSA) is 55.6 Å². The summed E-state index contributed by atoms with van der Waals surface area (Å²) in [4.78, 5) is 12.7. The van der Waals surface area contributed by atoms with Gasteiger partial charge in [0.2, 0.25) is 0 Å². The van der Waals surface area contributed by atoms with E-state index >= 15 is 0 Å². The van der Waals surface area contributed by atoms with Gasteiger partial charge >= 0.3 is 6.09 Å². The van der Waals surface area contributed by atoms with Crippen molar-refractivity contribution in [1.82, 2.24) is 0 Å². The van der Waals surface area contributed by atoms with E-state index in [4.69, 9.17) is 22.1 Å². The van der Waals surface area contributed by atoms with Crippen LogP contribution in [0, 0.1) is 0 Å². The lowest BCUT2D eigenvalue weighted by molar-refractivity contribution is 0.117. The van der Waals surface area contributed by atoms with Crippen LogP contribution >= 0.6 is 11.6 Å². The maximum absolute atomic E-state index is 10.6. The molecule has 0 bridgehead atoms. The summed E-state index contributed by atoms with van der Waals surface area (Å²) < 4.78 is 4.96. The van der Waals surface area contributed by atoms with E-state index in [9.17, 15) is 4.79 Å². The monoisotopic (exact) mass is 240 g/mol. The molecule has 16 heavy (non-hydrogen) atoms. The largest absolute Gasteiger partial charge is 0.444 e. The first-order valence-corrected chi connectivity index (χ1v) is 5.49. The first-order valence-electron chi connectivity index (χ1n) is 5.12. The quantitative estimate of drug-likeness (QED) is 0.861. The number of carbonyl (C=O) groups excluding carboxylic acids is 1. The predicted molar refractivity (Wildman–Crippen MR) is 62.7 cm³/mol. The molecule has 1 saturated heterocycles. The van der Waals surface area contributed by atoms with E-state index in [1.54, 1.807) is 0 Å². The Balaban J connectivity index is 2.00. The third kappa shape index (κ3) is 2.58. The van der Waals surface area contributed by atoms with Crippen molar-refractivity contribution >= 4 is 23.4 Å². The van der Waals surface area contributed by atoms with Gasteiger partial charge in [0.05, 0.1) is 6.54 Å². The minimum atomic E-state index is -0.710. The van der Waals surface area contributed by atoms with Crippen LogP contribution in [0.25, 0.3) is 0 Å². The number of nitrogens with two attached hydrogens (primary N) is 1. The molecule has 0 radical (unpaired) electrons. The van der Waals surface area contributed by atoms with Crippen molar-refractivity contribution < 1.29 is 9.53 Å². The third-order valence-corrected chi connectivity index (χ3v) is 2.84. The summed E-state index contributed by atoms with van der Waals surface area (Å²) in [5.74, 6) is 0. The molecule has 2 rings (SSSR count). The van der Waals surface area contributed by atoms with Gasteiger partial charge < -0.3 is 15.4 Å². The number of primary amides is 1. The number of hydrogen-bond acceptors (Lipinski definition) is 3. The van der Waals surface area contributed by atoms with Crippen LogP contribution in [-0.2, 0) is 4.74 Å². The number of benzene rings is 1. The fraction of sp³-hybridized carbons (Fsp3) is 0.364. The molecule has 2 N–H and O–H groups in total. The van der Waals surface area contributed by atoms with Gasteiger partial charge in [0.1, 0.15) is 6.10 Å². The van der Waals surface area contributed by atoms with E-state index in [1.807, 2.05) is 24.3 Å². The Morgan fingerprint density at radius 2 is 2.38 bits per heavy atom. The highest BCUT2D eigenvalue weighted by Gasteiger charge is 2.25. The lowest BCUT2D eigenvalue weighted by Crippen LogP contribution is -2.26. The Labute approximate surface area is 98.9 Å². The zero-order valence-electron chi connectivity index (χ0n) is 8.73. The lowest BCUT2D eigenvalue weighted by Gasteiger charge is -2.18. The number of ether oxygens (including phenoxy) is 1. The van der Waals surface area contributed by atoms with E-state index in [0.717, 1.165) is 18.7 Å². The molecule has 86 valence electrons. The van der Waals surface area contributed by atoms with E-state index < -0.39 is 6.09 Å². The van der Waals surface area contributed by atoms with Crippen molar-refractivity contribution in [3.63, 3.8) is 0 Å². The van der Waals surface area contributed by atoms with Gasteiger partial charge in [0, 0.05) is 23.7 Å². The molecule has 0 aliphatic carbocycles.